The van der Waals surface area contributed by atoms with Crippen LogP contribution in [0.25, 0.3) is 11.1 Å². The molecule has 3 aromatic rings. The number of alkyl carbamates (subject to hydrolysis) is 1. The number of halogens is 1. The van der Waals surface area contributed by atoms with E-state index < -0.39 is 11.9 Å². The number of rotatable bonds is 4. The van der Waals surface area contributed by atoms with Gasteiger partial charge in [-0.2, -0.15) is 0 Å². The maximum atomic E-state index is 14.0. The molecule has 1 N–H and O–H groups in total. The van der Waals surface area contributed by atoms with Crippen LogP contribution in [0.4, 0.5) is 9.18 Å². The van der Waals surface area contributed by atoms with Crippen molar-refractivity contribution < 1.29 is 13.9 Å². The van der Waals surface area contributed by atoms with E-state index in [0.29, 0.717) is 11.1 Å². The highest BCUT2D eigenvalue weighted by molar-refractivity contribution is 5.79. The van der Waals surface area contributed by atoms with Gasteiger partial charge in [0.05, 0.1) is 0 Å². The van der Waals surface area contributed by atoms with Crippen molar-refractivity contribution in [3.8, 4) is 23.5 Å². The topological polar surface area (TPSA) is 38.3 Å². The maximum absolute atomic E-state index is 14.0. The molecule has 0 saturated heterocycles. The van der Waals surface area contributed by atoms with Gasteiger partial charge in [0, 0.05) is 23.6 Å². The van der Waals surface area contributed by atoms with Gasteiger partial charge in [0.2, 0.25) is 0 Å². The molecule has 0 spiro atoms. The molecular formula is C24H18FNO2. The van der Waals surface area contributed by atoms with E-state index in [2.05, 4.69) is 35.5 Å². The second-order valence-electron chi connectivity index (χ2n) is 6.63. The number of terminal acetylenes is 1. The normalized spacial score (nSPS) is 12.0. The average Bonchev–Trinajstić information content (AvgIpc) is 3.05. The standard InChI is InChI=1S/C24H18FNO2/c1-2-16-11-12-17(23(25)13-16)14-26-24(27)28-15-22-20-9-5-3-7-18(20)19-8-4-6-10-21(19)22/h1,3-13,22H,14-15H2,(H,26,27). The Bertz CT molecular complexity index is 1040. The average molecular weight is 371 g/mol. The monoisotopic (exact) mass is 371 g/mol. The largest absolute Gasteiger partial charge is 0.449 e. The molecule has 0 fully saturated rings. The van der Waals surface area contributed by atoms with Crippen molar-refractivity contribution in [1.82, 2.24) is 5.32 Å². The number of carbonyl (C=O) groups is 1. The number of ether oxygens (including phenoxy) is 1. The van der Waals surface area contributed by atoms with E-state index in [1.54, 1.807) is 12.1 Å². The first-order valence-corrected chi connectivity index (χ1v) is 9.01. The van der Waals surface area contributed by atoms with Crippen LogP contribution in [-0.4, -0.2) is 12.7 Å². The summed E-state index contributed by atoms with van der Waals surface area (Å²) in [5, 5.41) is 2.60. The molecule has 0 aliphatic heterocycles. The smallest absolute Gasteiger partial charge is 0.407 e. The minimum absolute atomic E-state index is 0.00945. The van der Waals surface area contributed by atoms with Crippen LogP contribution in [0.5, 0.6) is 0 Å². The second kappa shape index (κ2) is 7.58. The summed E-state index contributed by atoms with van der Waals surface area (Å²) in [5.74, 6) is 1.92. The minimum atomic E-state index is -0.581. The molecule has 1 aliphatic carbocycles. The quantitative estimate of drug-likeness (QED) is 0.666. The van der Waals surface area contributed by atoms with Gasteiger partial charge < -0.3 is 10.1 Å². The van der Waals surface area contributed by atoms with Crippen molar-refractivity contribution in [2.75, 3.05) is 6.61 Å². The molecule has 3 aromatic carbocycles. The van der Waals surface area contributed by atoms with Gasteiger partial charge in [0.25, 0.3) is 0 Å². The lowest BCUT2D eigenvalue weighted by Crippen LogP contribution is -2.26. The summed E-state index contributed by atoms with van der Waals surface area (Å²) in [6.45, 7) is 0.256. The zero-order valence-electron chi connectivity index (χ0n) is 15.1. The van der Waals surface area contributed by atoms with Gasteiger partial charge in [0.1, 0.15) is 12.4 Å². The van der Waals surface area contributed by atoms with Crippen molar-refractivity contribution >= 4 is 6.09 Å². The van der Waals surface area contributed by atoms with E-state index in [0.717, 1.165) is 11.1 Å². The lowest BCUT2D eigenvalue weighted by Gasteiger charge is -2.14. The second-order valence-corrected chi connectivity index (χ2v) is 6.63. The molecule has 1 amide bonds. The Hall–Kier alpha value is -3.58. The summed E-state index contributed by atoms with van der Waals surface area (Å²) < 4.78 is 19.4. The number of carbonyl (C=O) groups excluding carboxylic acids is 1. The fraction of sp³-hybridized carbons (Fsp3) is 0.125. The zero-order valence-corrected chi connectivity index (χ0v) is 15.1. The first-order chi connectivity index (χ1) is 13.7. The van der Waals surface area contributed by atoms with Crippen molar-refractivity contribution in [2.45, 2.75) is 12.5 Å². The molecule has 4 heteroatoms. The number of amides is 1. The van der Waals surface area contributed by atoms with Gasteiger partial charge >= 0.3 is 6.09 Å². The predicted octanol–water partition coefficient (Wildman–Crippen LogP) is 4.85. The highest BCUT2D eigenvalue weighted by atomic mass is 19.1. The van der Waals surface area contributed by atoms with Crippen molar-refractivity contribution in [2.24, 2.45) is 0 Å². The molecule has 0 bridgehead atoms. The fourth-order valence-electron chi connectivity index (χ4n) is 3.60. The lowest BCUT2D eigenvalue weighted by molar-refractivity contribution is 0.142. The highest BCUT2D eigenvalue weighted by Gasteiger charge is 2.28. The summed E-state index contributed by atoms with van der Waals surface area (Å²) in [7, 11) is 0. The summed E-state index contributed by atoms with van der Waals surface area (Å²) in [5.41, 5.74) is 5.44. The van der Waals surface area contributed by atoms with E-state index in [-0.39, 0.29) is 19.1 Å². The number of fused-ring (bicyclic) bond motifs is 3. The van der Waals surface area contributed by atoms with Crippen LogP contribution in [0.15, 0.2) is 66.7 Å². The van der Waals surface area contributed by atoms with Crippen molar-refractivity contribution in [3.05, 3.63) is 94.8 Å². The molecule has 4 rings (SSSR count). The molecule has 0 aromatic heterocycles. The number of hydrogen-bond acceptors (Lipinski definition) is 2. The Morgan fingerprint density at radius 1 is 1.04 bits per heavy atom. The van der Waals surface area contributed by atoms with Gasteiger partial charge in [-0.15, -0.1) is 6.42 Å². The molecule has 0 unspecified atom stereocenters. The Labute approximate surface area is 163 Å². The van der Waals surface area contributed by atoms with Crippen LogP contribution in [0.1, 0.15) is 28.2 Å². The Morgan fingerprint density at radius 2 is 1.68 bits per heavy atom. The van der Waals surface area contributed by atoms with Crippen LogP contribution in [0.2, 0.25) is 0 Å². The third-order valence-corrected chi connectivity index (χ3v) is 4.99. The summed E-state index contributed by atoms with van der Waals surface area (Å²) >= 11 is 0. The van der Waals surface area contributed by atoms with Crippen LogP contribution in [0, 0.1) is 18.2 Å². The van der Waals surface area contributed by atoms with Crippen LogP contribution in [-0.2, 0) is 11.3 Å². The Kier molecular flexibility index (Phi) is 4.82. The van der Waals surface area contributed by atoms with E-state index in [1.807, 2.05) is 24.3 Å². The van der Waals surface area contributed by atoms with Gasteiger partial charge in [-0.1, -0.05) is 60.5 Å². The van der Waals surface area contributed by atoms with Gasteiger partial charge in [0.15, 0.2) is 0 Å². The van der Waals surface area contributed by atoms with Crippen molar-refractivity contribution in [3.63, 3.8) is 0 Å². The molecule has 138 valence electrons. The van der Waals surface area contributed by atoms with Gasteiger partial charge in [-0.3, -0.25) is 0 Å². The first kappa shape index (κ1) is 17.8. The third kappa shape index (κ3) is 3.35. The van der Waals surface area contributed by atoms with Gasteiger partial charge in [-0.05, 0) is 34.4 Å². The highest BCUT2D eigenvalue weighted by Crippen LogP contribution is 2.44. The molecular weight excluding hydrogens is 353 g/mol. The van der Waals surface area contributed by atoms with E-state index in [1.165, 1.54) is 17.2 Å². The number of nitrogens with one attached hydrogen (secondary N) is 1. The zero-order chi connectivity index (χ0) is 19.5. The summed E-state index contributed by atoms with van der Waals surface area (Å²) in [6, 6.07) is 20.7. The fourth-order valence-corrected chi connectivity index (χ4v) is 3.60. The number of benzene rings is 3. The molecule has 3 nitrogen and oxygen atoms in total. The summed E-state index contributed by atoms with van der Waals surface area (Å²) in [4.78, 5) is 12.1. The Balaban J connectivity index is 1.41. The molecule has 0 radical (unpaired) electrons. The molecule has 0 saturated carbocycles. The van der Waals surface area contributed by atoms with Crippen LogP contribution >= 0.6 is 0 Å². The lowest BCUT2D eigenvalue weighted by atomic mass is 9.98. The van der Waals surface area contributed by atoms with Crippen molar-refractivity contribution in [1.29, 1.82) is 0 Å². The third-order valence-electron chi connectivity index (χ3n) is 4.99. The maximum Gasteiger partial charge on any atom is 0.407 e. The SMILES string of the molecule is C#Cc1ccc(CNC(=O)OCC2c3ccccc3-c3ccccc32)c(F)c1. The Morgan fingerprint density at radius 3 is 2.29 bits per heavy atom. The molecule has 28 heavy (non-hydrogen) atoms. The number of hydrogen-bond donors (Lipinski definition) is 1. The van der Waals surface area contributed by atoms with Crippen LogP contribution in [0.3, 0.4) is 0 Å². The molecule has 0 heterocycles. The van der Waals surface area contributed by atoms with E-state index in [9.17, 15) is 9.18 Å². The van der Waals surface area contributed by atoms with Crippen LogP contribution < -0.4 is 5.32 Å². The molecule has 1 aliphatic rings. The summed E-state index contributed by atoms with van der Waals surface area (Å²) in [6.07, 6.45) is 4.67. The minimum Gasteiger partial charge on any atom is -0.449 e. The predicted molar refractivity (Wildman–Crippen MR) is 106 cm³/mol. The molecule has 0 atom stereocenters. The van der Waals surface area contributed by atoms with Gasteiger partial charge in [-0.25, -0.2) is 9.18 Å². The van der Waals surface area contributed by atoms with E-state index >= 15 is 0 Å². The van der Waals surface area contributed by atoms with E-state index in [4.69, 9.17) is 11.2 Å². The first-order valence-electron chi connectivity index (χ1n) is 9.01.